The van der Waals surface area contributed by atoms with E-state index < -0.39 is 0 Å². The van der Waals surface area contributed by atoms with E-state index in [1.54, 1.807) is 0 Å². The Morgan fingerprint density at radius 3 is 2.00 bits per heavy atom. The zero-order valence-electron chi connectivity index (χ0n) is 17.8. The molecular formula is C22H42N4. The summed E-state index contributed by atoms with van der Waals surface area (Å²) in [5.41, 5.74) is 1.34. The highest BCUT2D eigenvalue weighted by Crippen LogP contribution is 2.45. The van der Waals surface area contributed by atoms with Gasteiger partial charge in [0.05, 0.1) is 5.66 Å². The lowest BCUT2D eigenvalue weighted by Crippen LogP contribution is -2.71. The summed E-state index contributed by atoms with van der Waals surface area (Å²) in [5, 5.41) is 3.88. The van der Waals surface area contributed by atoms with Crippen LogP contribution in [0.4, 0.5) is 0 Å². The molecule has 0 radical (unpaired) electrons. The Balaban J connectivity index is 1.29. The third kappa shape index (κ3) is 3.47. The fraction of sp³-hybridized carbons (Fsp3) is 1.00. The molecule has 0 unspecified atom stereocenters. The fourth-order valence-electron chi connectivity index (χ4n) is 6.12. The van der Waals surface area contributed by atoms with Gasteiger partial charge in [0.15, 0.2) is 0 Å². The first kappa shape index (κ1) is 19.2. The minimum atomic E-state index is 0.233. The summed E-state index contributed by atoms with van der Waals surface area (Å²) in [6.07, 6.45) is 9.72. The number of piperidine rings is 3. The van der Waals surface area contributed by atoms with E-state index in [0.29, 0.717) is 17.0 Å². The predicted octanol–water partition coefficient (Wildman–Crippen LogP) is 3.14. The summed E-state index contributed by atoms with van der Waals surface area (Å²) >= 11 is 0. The summed E-state index contributed by atoms with van der Waals surface area (Å²) in [6, 6.07) is 0.717. The van der Waals surface area contributed by atoms with Crippen molar-refractivity contribution in [1.82, 2.24) is 20.0 Å². The molecule has 0 aromatic heterocycles. The lowest BCUT2D eigenvalue weighted by atomic mass is 9.70. The molecule has 2 spiro atoms. The van der Waals surface area contributed by atoms with Crippen LogP contribution in [0.1, 0.15) is 72.6 Å². The van der Waals surface area contributed by atoms with Gasteiger partial charge in [0.1, 0.15) is 0 Å². The Hall–Kier alpha value is -0.160. The van der Waals surface area contributed by atoms with Crippen molar-refractivity contribution in [2.75, 3.05) is 45.8 Å². The normalized spacial score (nSPS) is 30.8. The van der Waals surface area contributed by atoms with E-state index in [1.807, 2.05) is 0 Å². The van der Waals surface area contributed by atoms with Crippen LogP contribution in [-0.4, -0.2) is 77.8 Å². The maximum atomic E-state index is 3.88. The van der Waals surface area contributed by atoms with Crippen LogP contribution in [0.15, 0.2) is 0 Å². The van der Waals surface area contributed by atoms with Gasteiger partial charge in [-0.1, -0.05) is 6.42 Å². The molecule has 1 N–H and O–H groups in total. The minimum absolute atomic E-state index is 0.233. The smallest absolute Gasteiger partial charge is 0.0680 e. The van der Waals surface area contributed by atoms with E-state index in [-0.39, 0.29) is 5.66 Å². The molecule has 4 aliphatic rings. The first-order valence-electron chi connectivity index (χ1n) is 11.3. The molecule has 150 valence electrons. The molecule has 4 heteroatoms. The molecule has 4 nitrogen and oxygen atoms in total. The van der Waals surface area contributed by atoms with E-state index in [4.69, 9.17) is 0 Å². The molecule has 0 bridgehead atoms. The van der Waals surface area contributed by atoms with Crippen LogP contribution in [0.3, 0.4) is 0 Å². The van der Waals surface area contributed by atoms with Crippen molar-refractivity contribution in [3.05, 3.63) is 0 Å². The highest BCUT2D eigenvalue weighted by molar-refractivity contribution is 5.05. The number of rotatable bonds is 3. The quantitative estimate of drug-likeness (QED) is 0.832. The van der Waals surface area contributed by atoms with Gasteiger partial charge in [0.2, 0.25) is 0 Å². The zero-order valence-corrected chi connectivity index (χ0v) is 17.8. The molecule has 4 saturated heterocycles. The molecule has 4 aliphatic heterocycles. The number of nitrogens with one attached hydrogen (secondary N) is 1. The van der Waals surface area contributed by atoms with Crippen LogP contribution in [0, 0.1) is 5.41 Å². The van der Waals surface area contributed by atoms with Gasteiger partial charge in [-0.15, -0.1) is 0 Å². The molecule has 4 heterocycles. The van der Waals surface area contributed by atoms with Crippen molar-refractivity contribution in [1.29, 1.82) is 0 Å². The van der Waals surface area contributed by atoms with Gasteiger partial charge in [0, 0.05) is 37.8 Å². The van der Waals surface area contributed by atoms with Crippen LogP contribution in [-0.2, 0) is 0 Å². The molecule has 0 saturated carbocycles. The van der Waals surface area contributed by atoms with Crippen LogP contribution in [0.5, 0.6) is 0 Å². The average molecular weight is 363 g/mol. The topological polar surface area (TPSA) is 21.8 Å². The van der Waals surface area contributed by atoms with E-state index in [9.17, 15) is 0 Å². The van der Waals surface area contributed by atoms with Crippen molar-refractivity contribution >= 4 is 0 Å². The maximum absolute atomic E-state index is 3.88. The molecule has 26 heavy (non-hydrogen) atoms. The molecule has 4 fully saturated rings. The number of hydrogen-bond acceptors (Lipinski definition) is 4. The highest BCUT2D eigenvalue weighted by atomic mass is 15.4. The fourth-order valence-corrected chi connectivity index (χ4v) is 6.12. The highest BCUT2D eigenvalue weighted by Gasteiger charge is 2.51. The van der Waals surface area contributed by atoms with Crippen molar-refractivity contribution in [2.24, 2.45) is 5.41 Å². The van der Waals surface area contributed by atoms with Gasteiger partial charge in [0.25, 0.3) is 0 Å². The first-order chi connectivity index (χ1) is 12.3. The minimum Gasteiger partial charge on any atom is -0.311 e. The number of nitrogens with zero attached hydrogens (tertiary/aromatic N) is 3. The van der Waals surface area contributed by atoms with E-state index in [1.165, 1.54) is 90.8 Å². The summed E-state index contributed by atoms with van der Waals surface area (Å²) < 4.78 is 0. The van der Waals surface area contributed by atoms with Gasteiger partial charge < -0.3 is 10.2 Å². The van der Waals surface area contributed by atoms with Crippen molar-refractivity contribution in [3.63, 3.8) is 0 Å². The van der Waals surface area contributed by atoms with Crippen LogP contribution in [0.25, 0.3) is 0 Å². The SMILES string of the molecule is CC(C)N1CCC2(CC1)CN(C(C)(C)N1CCC3(CCCCN3)CC1)C2. The molecular weight excluding hydrogens is 320 g/mol. The standard InChI is InChI=1S/C22H42N4/c1-19(2)24-13-8-21(9-14-24)17-26(18-21)20(3,4)25-15-10-22(11-16-25)7-5-6-12-23-22/h19,23H,5-18H2,1-4H3. The summed E-state index contributed by atoms with van der Waals surface area (Å²) in [5.74, 6) is 0. The summed E-state index contributed by atoms with van der Waals surface area (Å²) in [7, 11) is 0. The maximum Gasteiger partial charge on any atom is 0.0680 e. The number of hydrogen-bond donors (Lipinski definition) is 1. The second kappa shape index (κ2) is 7.02. The van der Waals surface area contributed by atoms with Gasteiger partial charge in [-0.3, -0.25) is 9.80 Å². The monoisotopic (exact) mass is 362 g/mol. The number of likely N-dealkylation sites (tertiary alicyclic amines) is 3. The Morgan fingerprint density at radius 2 is 1.46 bits per heavy atom. The van der Waals surface area contributed by atoms with Crippen LogP contribution >= 0.6 is 0 Å². The second-order valence-corrected chi connectivity index (χ2v) is 10.6. The van der Waals surface area contributed by atoms with Crippen molar-refractivity contribution in [3.8, 4) is 0 Å². The van der Waals surface area contributed by atoms with Gasteiger partial charge >= 0.3 is 0 Å². The predicted molar refractivity (Wildman–Crippen MR) is 109 cm³/mol. The molecule has 0 aromatic rings. The summed E-state index contributed by atoms with van der Waals surface area (Å²) in [4.78, 5) is 8.23. The molecule has 4 rings (SSSR count). The van der Waals surface area contributed by atoms with Crippen molar-refractivity contribution < 1.29 is 0 Å². The van der Waals surface area contributed by atoms with E-state index >= 15 is 0 Å². The molecule has 0 aromatic carbocycles. The zero-order chi connectivity index (χ0) is 18.4. The van der Waals surface area contributed by atoms with E-state index in [2.05, 4.69) is 47.7 Å². The van der Waals surface area contributed by atoms with Gasteiger partial charge in [-0.25, -0.2) is 0 Å². The molecule has 0 aliphatic carbocycles. The Morgan fingerprint density at radius 1 is 0.808 bits per heavy atom. The third-order valence-corrected chi connectivity index (χ3v) is 8.49. The lowest BCUT2D eigenvalue weighted by molar-refractivity contribution is -0.157. The Bertz CT molecular complexity index is 468. The van der Waals surface area contributed by atoms with Gasteiger partial charge in [-0.2, -0.15) is 0 Å². The molecule has 0 atom stereocenters. The third-order valence-electron chi connectivity index (χ3n) is 8.49. The first-order valence-corrected chi connectivity index (χ1v) is 11.3. The van der Waals surface area contributed by atoms with Crippen molar-refractivity contribution in [2.45, 2.75) is 89.9 Å². The Labute approximate surface area is 161 Å². The van der Waals surface area contributed by atoms with Gasteiger partial charge in [-0.05, 0) is 91.3 Å². The molecule has 0 amide bonds. The second-order valence-electron chi connectivity index (χ2n) is 10.6. The van der Waals surface area contributed by atoms with E-state index in [0.717, 1.165) is 0 Å². The van der Waals surface area contributed by atoms with Crippen LogP contribution in [0.2, 0.25) is 0 Å². The Kier molecular flexibility index (Phi) is 5.18. The average Bonchev–Trinajstić information content (AvgIpc) is 2.61. The van der Waals surface area contributed by atoms with Crippen LogP contribution < -0.4 is 5.32 Å². The summed E-state index contributed by atoms with van der Waals surface area (Å²) in [6.45, 7) is 18.7. The lowest BCUT2D eigenvalue weighted by Gasteiger charge is -2.62. The largest absolute Gasteiger partial charge is 0.311 e.